The molecule has 188 valence electrons. The molecule has 0 spiro atoms. The van der Waals surface area contributed by atoms with Gasteiger partial charge in [0.2, 0.25) is 0 Å². The Morgan fingerprint density at radius 1 is 0.943 bits per heavy atom. The van der Waals surface area contributed by atoms with Crippen LogP contribution in [0, 0.1) is 11.2 Å². The van der Waals surface area contributed by atoms with E-state index in [2.05, 4.69) is 58.6 Å². The van der Waals surface area contributed by atoms with Gasteiger partial charge in [0.15, 0.2) is 0 Å². The summed E-state index contributed by atoms with van der Waals surface area (Å²) in [4.78, 5) is 16.0. The molecule has 5 rings (SSSR count). The topological polar surface area (TPSA) is 30.2 Å². The molecule has 35 heavy (non-hydrogen) atoms. The van der Waals surface area contributed by atoms with Gasteiger partial charge in [0.05, 0.1) is 12.2 Å². The standard InChI is InChI=1S/C24H25FN2O.C6H15N/c1-23(2)17-13-14-24(23,3)21-20(17)22(28)27(19-12-8-7-11-18(19)25)26(21)15-16-9-5-4-6-10-16;1-4-7(5-2)6-3/h4-12,17H,13-15H2,1-3H3;4-6H2,1-3H3/t17-,24+;/m0./s1. The highest BCUT2D eigenvalue weighted by Gasteiger charge is 2.62. The number of hydrogen-bond donors (Lipinski definition) is 0. The molecule has 2 aliphatic rings. The lowest BCUT2D eigenvalue weighted by molar-refractivity contribution is 0.216. The summed E-state index contributed by atoms with van der Waals surface area (Å²) in [5.74, 6) is -0.137. The van der Waals surface area contributed by atoms with E-state index in [9.17, 15) is 9.18 Å². The summed E-state index contributed by atoms with van der Waals surface area (Å²) in [5, 5.41) is 0. The molecular formula is C30H40FN3O. The summed E-state index contributed by atoms with van der Waals surface area (Å²) in [6, 6.07) is 16.7. The number of rotatable bonds is 6. The van der Waals surface area contributed by atoms with Crippen molar-refractivity contribution in [3.8, 4) is 5.69 Å². The number of fused-ring (bicyclic) bond motifs is 5. The minimum atomic E-state index is -0.369. The van der Waals surface area contributed by atoms with E-state index >= 15 is 0 Å². The summed E-state index contributed by atoms with van der Waals surface area (Å²) in [6.45, 7) is 17.5. The molecule has 0 amide bonds. The van der Waals surface area contributed by atoms with E-state index < -0.39 is 0 Å². The Kier molecular flexibility index (Phi) is 7.10. The Labute approximate surface area is 209 Å². The van der Waals surface area contributed by atoms with Crippen LogP contribution in [-0.4, -0.2) is 33.9 Å². The van der Waals surface area contributed by atoms with E-state index in [0.29, 0.717) is 12.2 Å². The molecule has 1 heterocycles. The first kappa shape index (κ1) is 25.4. The molecule has 2 atom stereocenters. The van der Waals surface area contributed by atoms with E-state index in [1.807, 2.05) is 22.9 Å². The Balaban J connectivity index is 0.000000364. The minimum absolute atomic E-state index is 0.0313. The van der Waals surface area contributed by atoms with Gasteiger partial charge in [-0.15, -0.1) is 0 Å². The zero-order valence-corrected chi connectivity index (χ0v) is 22.1. The quantitative estimate of drug-likeness (QED) is 0.414. The van der Waals surface area contributed by atoms with Crippen molar-refractivity contribution in [1.82, 2.24) is 14.3 Å². The van der Waals surface area contributed by atoms with Gasteiger partial charge >= 0.3 is 0 Å². The van der Waals surface area contributed by atoms with Gasteiger partial charge in [0, 0.05) is 11.0 Å². The zero-order chi connectivity index (χ0) is 25.4. The van der Waals surface area contributed by atoms with E-state index in [4.69, 9.17) is 0 Å². The molecule has 0 aliphatic heterocycles. The summed E-state index contributed by atoms with van der Waals surface area (Å²) in [6.07, 6.45) is 2.09. The molecule has 2 aromatic carbocycles. The molecule has 2 bridgehead atoms. The van der Waals surface area contributed by atoms with Crippen LogP contribution in [0.3, 0.4) is 0 Å². The maximum Gasteiger partial charge on any atom is 0.275 e. The van der Waals surface area contributed by atoms with Crippen LogP contribution in [0.4, 0.5) is 4.39 Å². The predicted molar refractivity (Wildman–Crippen MR) is 142 cm³/mol. The molecule has 2 aliphatic carbocycles. The number of nitrogens with zero attached hydrogens (tertiary/aromatic N) is 3. The Morgan fingerprint density at radius 2 is 1.54 bits per heavy atom. The summed E-state index contributed by atoms with van der Waals surface area (Å²) in [7, 11) is 0. The highest BCUT2D eigenvalue weighted by Crippen LogP contribution is 2.67. The second-order valence-corrected chi connectivity index (χ2v) is 10.6. The predicted octanol–water partition coefficient (Wildman–Crippen LogP) is 6.35. The molecule has 0 unspecified atom stereocenters. The van der Waals surface area contributed by atoms with Crippen LogP contribution in [-0.2, 0) is 12.0 Å². The van der Waals surface area contributed by atoms with Gasteiger partial charge in [-0.05, 0) is 61.5 Å². The van der Waals surface area contributed by atoms with Gasteiger partial charge in [0.1, 0.15) is 11.5 Å². The first-order valence-corrected chi connectivity index (χ1v) is 13.1. The monoisotopic (exact) mass is 477 g/mol. The first-order valence-electron chi connectivity index (χ1n) is 13.1. The van der Waals surface area contributed by atoms with Gasteiger partial charge < -0.3 is 4.90 Å². The molecule has 5 heteroatoms. The molecule has 1 fully saturated rings. The number of benzene rings is 2. The van der Waals surface area contributed by atoms with Crippen molar-refractivity contribution in [3.05, 3.63) is 87.6 Å². The van der Waals surface area contributed by atoms with Crippen molar-refractivity contribution in [3.63, 3.8) is 0 Å². The maximum atomic E-state index is 14.7. The largest absolute Gasteiger partial charge is 0.304 e. The molecule has 0 N–H and O–H groups in total. The fourth-order valence-electron chi connectivity index (χ4n) is 6.33. The lowest BCUT2D eigenvalue weighted by Gasteiger charge is -2.36. The van der Waals surface area contributed by atoms with Crippen LogP contribution in [0.2, 0.25) is 0 Å². The number of para-hydroxylation sites is 1. The highest BCUT2D eigenvalue weighted by atomic mass is 19.1. The normalized spacial score (nSPS) is 21.7. The van der Waals surface area contributed by atoms with Crippen molar-refractivity contribution in [2.75, 3.05) is 19.6 Å². The third kappa shape index (κ3) is 4.08. The Hall–Kier alpha value is -2.66. The fraction of sp³-hybridized carbons (Fsp3) is 0.500. The average molecular weight is 478 g/mol. The van der Waals surface area contributed by atoms with Crippen molar-refractivity contribution in [2.45, 2.75) is 72.3 Å². The minimum Gasteiger partial charge on any atom is -0.304 e. The van der Waals surface area contributed by atoms with Gasteiger partial charge in [-0.1, -0.05) is 84.0 Å². The van der Waals surface area contributed by atoms with Crippen molar-refractivity contribution < 1.29 is 4.39 Å². The van der Waals surface area contributed by atoms with Crippen LogP contribution < -0.4 is 5.56 Å². The van der Waals surface area contributed by atoms with E-state index in [1.165, 1.54) is 25.7 Å². The van der Waals surface area contributed by atoms with Crippen LogP contribution in [0.1, 0.15) is 77.1 Å². The molecule has 0 radical (unpaired) electrons. The van der Waals surface area contributed by atoms with Crippen LogP contribution >= 0.6 is 0 Å². The average Bonchev–Trinajstić information content (AvgIpc) is 3.33. The van der Waals surface area contributed by atoms with E-state index in [1.54, 1.807) is 22.9 Å². The number of halogens is 1. The van der Waals surface area contributed by atoms with Crippen molar-refractivity contribution >= 4 is 0 Å². The Morgan fingerprint density at radius 3 is 2.11 bits per heavy atom. The van der Waals surface area contributed by atoms with Crippen molar-refractivity contribution in [2.24, 2.45) is 5.41 Å². The highest BCUT2D eigenvalue weighted by molar-refractivity contribution is 5.48. The second-order valence-electron chi connectivity index (χ2n) is 10.6. The van der Waals surface area contributed by atoms with Gasteiger partial charge in [-0.3, -0.25) is 9.48 Å². The SMILES string of the molecule is CC1(C)[C@H]2CC[C@]1(C)c1c2c(=O)n(-c2ccccc2F)n1Cc1ccccc1.CCN(CC)CC. The molecule has 0 saturated heterocycles. The zero-order valence-electron chi connectivity index (χ0n) is 22.1. The third-order valence-corrected chi connectivity index (χ3v) is 8.87. The molecule has 1 aromatic heterocycles. The van der Waals surface area contributed by atoms with Crippen LogP contribution in [0.5, 0.6) is 0 Å². The van der Waals surface area contributed by atoms with Crippen LogP contribution in [0.25, 0.3) is 5.69 Å². The van der Waals surface area contributed by atoms with Gasteiger partial charge in [0.25, 0.3) is 5.56 Å². The second kappa shape index (κ2) is 9.77. The van der Waals surface area contributed by atoms with Gasteiger partial charge in [-0.25, -0.2) is 9.07 Å². The number of hydrogen-bond acceptors (Lipinski definition) is 2. The third-order valence-electron chi connectivity index (χ3n) is 8.87. The fourth-order valence-corrected chi connectivity index (χ4v) is 6.33. The van der Waals surface area contributed by atoms with Gasteiger partial charge in [-0.2, -0.15) is 0 Å². The Bertz CT molecular complexity index is 1220. The van der Waals surface area contributed by atoms with E-state index in [0.717, 1.165) is 29.7 Å². The summed E-state index contributed by atoms with van der Waals surface area (Å²) >= 11 is 0. The molecular weight excluding hydrogens is 437 g/mol. The van der Waals surface area contributed by atoms with Crippen LogP contribution in [0.15, 0.2) is 59.4 Å². The first-order chi connectivity index (χ1) is 16.7. The van der Waals surface area contributed by atoms with E-state index in [-0.39, 0.29) is 28.1 Å². The lowest BCUT2D eigenvalue weighted by Crippen LogP contribution is -2.36. The lowest BCUT2D eigenvalue weighted by atomic mass is 9.70. The number of aromatic nitrogens is 2. The summed E-state index contributed by atoms with van der Waals surface area (Å²) in [5.41, 5.74) is 3.33. The molecule has 1 saturated carbocycles. The summed E-state index contributed by atoms with van der Waals surface area (Å²) < 4.78 is 18.4. The maximum absolute atomic E-state index is 14.7. The molecule has 4 nitrogen and oxygen atoms in total. The molecule has 3 aromatic rings. The van der Waals surface area contributed by atoms with Crippen molar-refractivity contribution in [1.29, 1.82) is 0 Å². The smallest absolute Gasteiger partial charge is 0.275 e.